The van der Waals surface area contributed by atoms with Crippen LogP contribution in [-0.4, -0.2) is 15.6 Å². The lowest BCUT2D eigenvalue weighted by Crippen LogP contribution is -2.19. The van der Waals surface area contributed by atoms with E-state index in [0.29, 0.717) is 6.54 Å². The van der Waals surface area contributed by atoms with Crippen LogP contribution in [0, 0.1) is 0 Å². The summed E-state index contributed by atoms with van der Waals surface area (Å²) >= 11 is 0. The van der Waals surface area contributed by atoms with Crippen LogP contribution in [0.2, 0.25) is 0 Å². The van der Waals surface area contributed by atoms with Crippen LogP contribution in [0.4, 0.5) is 0 Å². The summed E-state index contributed by atoms with van der Waals surface area (Å²) in [6.07, 6.45) is 5.06. The molecular formula is C15H13NO3. The van der Waals surface area contributed by atoms with Gasteiger partial charge in [0.15, 0.2) is 0 Å². The molecule has 0 fully saturated rings. The zero-order chi connectivity index (χ0) is 13.7. The fourth-order valence-corrected chi connectivity index (χ4v) is 1.67. The van der Waals surface area contributed by atoms with Crippen LogP contribution >= 0.6 is 0 Å². The highest BCUT2D eigenvalue weighted by atomic mass is 16.4. The Labute approximate surface area is 110 Å². The lowest BCUT2D eigenvalue weighted by Gasteiger charge is -2.02. The quantitative estimate of drug-likeness (QED) is 0.911. The van der Waals surface area contributed by atoms with Crippen molar-refractivity contribution in [3.05, 3.63) is 76.2 Å². The number of carboxylic acid groups (broad SMARTS) is 1. The van der Waals surface area contributed by atoms with Gasteiger partial charge in [-0.25, -0.2) is 4.79 Å². The molecule has 0 aliphatic heterocycles. The molecule has 0 spiro atoms. The smallest absolute Gasteiger partial charge is 0.337 e. The average Bonchev–Trinajstić information content (AvgIpc) is 2.42. The van der Waals surface area contributed by atoms with E-state index in [9.17, 15) is 9.59 Å². The second-order valence-corrected chi connectivity index (χ2v) is 4.03. The lowest BCUT2D eigenvalue weighted by molar-refractivity contribution is 0.0696. The third-order valence-electron chi connectivity index (χ3n) is 2.64. The largest absolute Gasteiger partial charge is 0.478 e. The number of allylic oxidation sites excluding steroid dienone is 1. The summed E-state index contributed by atoms with van der Waals surface area (Å²) in [5.74, 6) is -1.04. The Hall–Kier alpha value is -2.62. The monoisotopic (exact) mass is 255 g/mol. The number of benzene rings is 1. The predicted molar refractivity (Wildman–Crippen MR) is 73.1 cm³/mol. The third kappa shape index (κ3) is 3.42. The lowest BCUT2D eigenvalue weighted by atomic mass is 10.2. The van der Waals surface area contributed by atoms with Crippen LogP contribution in [0.3, 0.4) is 0 Å². The predicted octanol–water partition coefficient (Wildman–Crippen LogP) is 2.26. The summed E-state index contributed by atoms with van der Waals surface area (Å²) < 4.78 is 1.36. The molecule has 0 amide bonds. The van der Waals surface area contributed by atoms with Gasteiger partial charge in [-0.1, -0.05) is 42.5 Å². The average molecular weight is 255 g/mol. The Morgan fingerprint density at radius 2 is 1.89 bits per heavy atom. The molecule has 0 saturated carbocycles. The number of aromatic nitrogens is 1. The zero-order valence-corrected chi connectivity index (χ0v) is 10.2. The molecule has 0 aliphatic carbocycles. The van der Waals surface area contributed by atoms with Crippen molar-refractivity contribution in [3.63, 3.8) is 0 Å². The number of rotatable bonds is 4. The minimum Gasteiger partial charge on any atom is -0.478 e. The van der Waals surface area contributed by atoms with E-state index in [2.05, 4.69) is 0 Å². The fourth-order valence-electron chi connectivity index (χ4n) is 1.67. The molecule has 1 N–H and O–H groups in total. The van der Waals surface area contributed by atoms with E-state index < -0.39 is 5.97 Å². The first-order chi connectivity index (χ1) is 9.16. The summed E-state index contributed by atoms with van der Waals surface area (Å²) in [7, 11) is 0. The molecule has 0 unspecified atom stereocenters. The van der Waals surface area contributed by atoms with Crippen molar-refractivity contribution < 1.29 is 9.90 Å². The molecule has 1 aromatic heterocycles. The third-order valence-corrected chi connectivity index (χ3v) is 2.64. The van der Waals surface area contributed by atoms with Crippen molar-refractivity contribution in [1.29, 1.82) is 0 Å². The SMILES string of the molecule is O=C(O)c1ccc(=O)n(C/C=C/c2ccccc2)c1. The Morgan fingerprint density at radius 3 is 2.58 bits per heavy atom. The van der Waals surface area contributed by atoms with Gasteiger partial charge in [0.1, 0.15) is 0 Å². The first kappa shape index (κ1) is 12.8. The van der Waals surface area contributed by atoms with E-state index in [1.807, 2.05) is 42.5 Å². The van der Waals surface area contributed by atoms with Gasteiger partial charge in [-0.2, -0.15) is 0 Å². The maximum atomic E-state index is 11.6. The summed E-state index contributed by atoms with van der Waals surface area (Å²) in [6.45, 7) is 0.342. The minimum absolute atomic E-state index is 0.104. The molecule has 1 heterocycles. The van der Waals surface area contributed by atoms with E-state index in [1.165, 1.54) is 22.9 Å². The van der Waals surface area contributed by atoms with Gasteiger partial charge < -0.3 is 9.67 Å². The van der Waals surface area contributed by atoms with Crippen molar-refractivity contribution in [3.8, 4) is 0 Å². The number of hydrogen-bond acceptors (Lipinski definition) is 2. The normalized spacial score (nSPS) is 10.7. The summed E-state index contributed by atoms with van der Waals surface area (Å²) in [5.41, 5.74) is 0.917. The van der Waals surface area contributed by atoms with E-state index in [4.69, 9.17) is 5.11 Å². The molecule has 2 rings (SSSR count). The Kier molecular flexibility index (Phi) is 3.93. The van der Waals surface area contributed by atoms with E-state index in [1.54, 1.807) is 0 Å². The Morgan fingerprint density at radius 1 is 1.16 bits per heavy atom. The maximum absolute atomic E-state index is 11.6. The molecule has 0 radical (unpaired) electrons. The van der Waals surface area contributed by atoms with Gasteiger partial charge in [0.2, 0.25) is 0 Å². The molecule has 2 aromatic rings. The topological polar surface area (TPSA) is 59.3 Å². The van der Waals surface area contributed by atoms with Gasteiger partial charge in [0.25, 0.3) is 5.56 Å². The number of hydrogen-bond donors (Lipinski definition) is 1. The molecule has 0 atom stereocenters. The highest BCUT2D eigenvalue weighted by molar-refractivity contribution is 5.87. The second kappa shape index (κ2) is 5.82. The molecule has 4 nitrogen and oxygen atoms in total. The van der Waals surface area contributed by atoms with Gasteiger partial charge >= 0.3 is 5.97 Å². The summed E-state index contributed by atoms with van der Waals surface area (Å²) in [6, 6.07) is 12.3. The molecule has 19 heavy (non-hydrogen) atoms. The molecule has 4 heteroatoms. The van der Waals surface area contributed by atoms with Crippen LogP contribution in [0.15, 0.2) is 59.5 Å². The standard InChI is InChI=1S/C15H13NO3/c17-14-9-8-13(15(18)19)11-16(14)10-4-7-12-5-2-1-3-6-12/h1-9,11H,10H2,(H,18,19)/b7-4+. The van der Waals surface area contributed by atoms with Crippen LogP contribution in [0.5, 0.6) is 0 Å². The van der Waals surface area contributed by atoms with E-state index in [0.717, 1.165) is 5.56 Å². The van der Waals surface area contributed by atoms with Crippen molar-refractivity contribution in [2.24, 2.45) is 0 Å². The highest BCUT2D eigenvalue weighted by Crippen LogP contribution is 2.01. The zero-order valence-electron chi connectivity index (χ0n) is 10.2. The van der Waals surface area contributed by atoms with Gasteiger partial charge in [-0.3, -0.25) is 4.79 Å². The second-order valence-electron chi connectivity index (χ2n) is 4.03. The Balaban J connectivity index is 2.15. The highest BCUT2D eigenvalue weighted by Gasteiger charge is 2.03. The first-order valence-corrected chi connectivity index (χ1v) is 5.82. The molecule has 1 aromatic carbocycles. The molecule has 96 valence electrons. The Bertz CT molecular complexity index is 657. The maximum Gasteiger partial charge on any atom is 0.337 e. The molecule has 0 saturated heterocycles. The molecular weight excluding hydrogens is 242 g/mol. The fraction of sp³-hybridized carbons (Fsp3) is 0.0667. The van der Waals surface area contributed by atoms with Gasteiger partial charge in [0, 0.05) is 18.8 Å². The van der Waals surface area contributed by atoms with Gasteiger partial charge in [0.05, 0.1) is 5.56 Å². The van der Waals surface area contributed by atoms with E-state index in [-0.39, 0.29) is 11.1 Å². The summed E-state index contributed by atoms with van der Waals surface area (Å²) in [5, 5.41) is 8.87. The number of carbonyl (C=O) groups is 1. The van der Waals surface area contributed by atoms with Crippen molar-refractivity contribution >= 4 is 12.0 Å². The van der Waals surface area contributed by atoms with Crippen molar-refractivity contribution in [1.82, 2.24) is 4.57 Å². The van der Waals surface area contributed by atoms with Gasteiger partial charge in [-0.15, -0.1) is 0 Å². The number of pyridine rings is 1. The number of aromatic carboxylic acids is 1. The van der Waals surface area contributed by atoms with Crippen molar-refractivity contribution in [2.45, 2.75) is 6.54 Å². The molecule has 0 aliphatic rings. The van der Waals surface area contributed by atoms with Gasteiger partial charge in [-0.05, 0) is 11.6 Å². The van der Waals surface area contributed by atoms with Crippen LogP contribution in [-0.2, 0) is 6.54 Å². The van der Waals surface area contributed by atoms with Crippen LogP contribution in [0.1, 0.15) is 15.9 Å². The first-order valence-electron chi connectivity index (χ1n) is 5.82. The summed E-state index contributed by atoms with van der Waals surface area (Å²) in [4.78, 5) is 22.4. The molecule has 0 bridgehead atoms. The van der Waals surface area contributed by atoms with Crippen LogP contribution in [0.25, 0.3) is 6.08 Å². The number of nitrogens with zero attached hydrogens (tertiary/aromatic N) is 1. The van der Waals surface area contributed by atoms with Crippen LogP contribution < -0.4 is 5.56 Å². The van der Waals surface area contributed by atoms with E-state index >= 15 is 0 Å². The minimum atomic E-state index is -1.04. The van der Waals surface area contributed by atoms with Crippen molar-refractivity contribution in [2.75, 3.05) is 0 Å². The number of carboxylic acids is 1.